The number of nitro groups is 1. The maximum Gasteiger partial charge on any atom is 0.326 e. The fourth-order valence-electron chi connectivity index (χ4n) is 3.39. The fraction of sp³-hybridized carbons (Fsp3) is 0.286. The third-order valence-corrected chi connectivity index (χ3v) is 4.79. The third kappa shape index (κ3) is 4.14. The molecule has 0 aromatic heterocycles. The molecular formula is C21H21N3O6. The van der Waals surface area contributed by atoms with Gasteiger partial charge in [0.1, 0.15) is 6.54 Å². The zero-order valence-corrected chi connectivity index (χ0v) is 16.7. The van der Waals surface area contributed by atoms with Gasteiger partial charge in [0.2, 0.25) is 5.91 Å². The predicted octanol–water partition coefficient (Wildman–Crippen LogP) is 2.85. The van der Waals surface area contributed by atoms with Crippen LogP contribution in [-0.2, 0) is 14.3 Å². The van der Waals surface area contributed by atoms with Crippen LogP contribution >= 0.6 is 0 Å². The molecule has 0 spiro atoms. The van der Waals surface area contributed by atoms with Gasteiger partial charge < -0.3 is 9.64 Å². The van der Waals surface area contributed by atoms with Crippen molar-refractivity contribution in [2.24, 2.45) is 0 Å². The SMILES string of the molecule is CCOC(=O)CN1C(=O)CCN(C(=O)c2ccc([N+](=O)[O-])c(C)c2)c2ccccc21. The summed E-state index contributed by atoms with van der Waals surface area (Å²) in [4.78, 5) is 51.2. The van der Waals surface area contributed by atoms with Gasteiger partial charge >= 0.3 is 5.97 Å². The van der Waals surface area contributed by atoms with Crippen LogP contribution in [0.5, 0.6) is 0 Å². The van der Waals surface area contributed by atoms with Crippen LogP contribution in [0.4, 0.5) is 17.1 Å². The number of nitrogens with zero attached hydrogens (tertiary/aromatic N) is 3. The van der Waals surface area contributed by atoms with Gasteiger partial charge in [-0.1, -0.05) is 12.1 Å². The lowest BCUT2D eigenvalue weighted by Gasteiger charge is -2.25. The second-order valence-corrected chi connectivity index (χ2v) is 6.74. The van der Waals surface area contributed by atoms with Crippen molar-refractivity contribution in [3.63, 3.8) is 0 Å². The Kier molecular flexibility index (Phi) is 6.10. The minimum atomic E-state index is -0.536. The van der Waals surface area contributed by atoms with Gasteiger partial charge in [0, 0.05) is 30.2 Å². The van der Waals surface area contributed by atoms with Gasteiger partial charge in [0.05, 0.1) is 22.9 Å². The van der Waals surface area contributed by atoms with Gasteiger partial charge in [0.15, 0.2) is 0 Å². The van der Waals surface area contributed by atoms with E-state index in [1.807, 2.05) is 0 Å². The number of aryl methyl sites for hydroxylation is 1. The van der Waals surface area contributed by atoms with Gasteiger partial charge in [-0.15, -0.1) is 0 Å². The van der Waals surface area contributed by atoms with Crippen molar-refractivity contribution in [3.05, 3.63) is 63.7 Å². The number of carbonyl (C=O) groups excluding carboxylic acids is 3. The molecule has 9 heteroatoms. The van der Waals surface area contributed by atoms with E-state index in [4.69, 9.17) is 4.74 Å². The summed E-state index contributed by atoms with van der Waals surface area (Å²) in [5.74, 6) is -1.22. The molecule has 0 fully saturated rings. The van der Waals surface area contributed by atoms with E-state index in [1.165, 1.54) is 28.0 Å². The maximum atomic E-state index is 13.2. The van der Waals surface area contributed by atoms with Crippen LogP contribution in [0.2, 0.25) is 0 Å². The summed E-state index contributed by atoms with van der Waals surface area (Å²) < 4.78 is 4.97. The lowest BCUT2D eigenvalue weighted by atomic mass is 10.1. The van der Waals surface area contributed by atoms with Crippen molar-refractivity contribution >= 4 is 34.8 Å². The molecule has 1 heterocycles. The van der Waals surface area contributed by atoms with Crippen LogP contribution < -0.4 is 9.80 Å². The lowest BCUT2D eigenvalue weighted by Crippen LogP contribution is -2.36. The Labute approximate surface area is 173 Å². The average molecular weight is 411 g/mol. The molecule has 0 atom stereocenters. The number of esters is 1. The molecule has 2 aromatic rings. The normalized spacial score (nSPS) is 13.5. The van der Waals surface area contributed by atoms with Gasteiger partial charge in [-0.2, -0.15) is 0 Å². The maximum absolute atomic E-state index is 13.2. The Morgan fingerprint density at radius 2 is 1.87 bits per heavy atom. The van der Waals surface area contributed by atoms with Crippen LogP contribution in [0, 0.1) is 17.0 Å². The third-order valence-electron chi connectivity index (χ3n) is 4.79. The van der Waals surface area contributed by atoms with Crippen LogP contribution in [-0.4, -0.2) is 42.4 Å². The summed E-state index contributed by atoms with van der Waals surface area (Å²) >= 11 is 0. The highest BCUT2D eigenvalue weighted by molar-refractivity contribution is 6.12. The van der Waals surface area contributed by atoms with E-state index in [1.54, 1.807) is 38.1 Å². The zero-order chi connectivity index (χ0) is 21.8. The molecular weight excluding hydrogens is 390 g/mol. The smallest absolute Gasteiger partial charge is 0.326 e. The minimum Gasteiger partial charge on any atom is -0.465 e. The molecule has 1 aliphatic heterocycles. The Bertz CT molecular complexity index is 1020. The monoisotopic (exact) mass is 411 g/mol. The van der Waals surface area contributed by atoms with Crippen molar-refractivity contribution in [2.45, 2.75) is 20.3 Å². The predicted molar refractivity (Wildman–Crippen MR) is 110 cm³/mol. The highest BCUT2D eigenvalue weighted by Gasteiger charge is 2.31. The lowest BCUT2D eigenvalue weighted by molar-refractivity contribution is -0.385. The van der Waals surface area contributed by atoms with Crippen LogP contribution in [0.1, 0.15) is 29.3 Å². The van der Waals surface area contributed by atoms with Crippen LogP contribution in [0.15, 0.2) is 42.5 Å². The van der Waals surface area contributed by atoms with E-state index in [-0.39, 0.29) is 49.2 Å². The first kappa shape index (κ1) is 21.0. The second kappa shape index (κ2) is 8.73. The molecule has 3 rings (SSSR count). The van der Waals surface area contributed by atoms with Crippen molar-refractivity contribution < 1.29 is 24.0 Å². The Morgan fingerprint density at radius 3 is 2.50 bits per heavy atom. The first-order chi connectivity index (χ1) is 14.3. The van der Waals surface area contributed by atoms with Gasteiger partial charge in [-0.3, -0.25) is 29.4 Å². The number of hydrogen-bond donors (Lipinski definition) is 0. The number of benzene rings is 2. The van der Waals surface area contributed by atoms with Crippen molar-refractivity contribution in [1.82, 2.24) is 0 Å². The van der Waals surface area contributed by atoms with Gasteiger partial charge in [0.25, 0.3) is 11.6 Å². The Morgan fingerprint density at radius 1 is 1.17 bits per heavy atom. The first-order valence-corrected chi connectivity index (χ1v) is 9.45. The molecule has 0 aliphatic carbocycles. The largest absolute Gasteiger partial charge is 0.465 e. The van der Waals surface area contributed by atoms with E-state index in [0.717, 1.165) is 0 Å². The zero-order valence-electron chi connectivity index (χ0n) is 16.7. The van der Waals surface area contributed by atoms with E-state index in [0.29, 0.717) is 16.9 Å². The second-order valence-electron chi connectivity index (χ2n) is 6.74. The molecule has 0 N–H and O–H groups in total. The summed E-state index contributed by atoms with van der Waals surface area (Å²) in [6.07, 6.45) is 0.0196. The Balaban J connectivity index is 1.98. The van der Waals surface area contributed by atoms with Gasteiger partial charge in [-0.05, 0) is 38.1 Å². The number of hydrogen-bond acceptors (Lipinski definition) is 6. The molecule has 9 nitrogen and oxygen atoms in total. The quantitative estimate of drug-likeness (QED) is 0.425. The molecule has 0 unspecified atom stereocenters. The number of para-hydroxylation sites is 2. The molecule has 2 aromatic carbocycles. The topological polar surface area (TPSA) is 110 Å². The summed E-state index contributed by atoms with van der Waals surface area (Å²) in [6.45, 7) is 3.32. The van der Waals surface area contributed by atoms with E-state index in [2.05, 4.69) is 0 Å². The summed E-state index contributed by atoms with van der Waals surface area (Å²) in [6, 6.07) is 11.0. The molecule has 0 saturated heterocycles. The number of anilines is 2. The minimum absolute atomic E-state index is 0.0196. The number of ether oxygens (including phenoxy) is 1. The van der Waals surface area contributed by atoms with E-state index < -0.39 is 10.9 Å². The highest BCUT2D eigenvalue weighted by Crippen LogP contribution is 2.34. The fourth-order valence-corrected chi connectivity index (χ4v) is 3.39. The van der Waals surface area contributed by atoms with Gasteiger partial charge in [-0.25, -0.2) is 0 Å². The van der Waals surface area contributed by atoms with Crippen molar-refractivity contribution in [1.29, 1.82) is 0 Å². The number of nitro benzene ring substituents is 1. The number of rotatable bonds is 5. The number of carbonyl (C=O) groups is 3. The molecule has 30 heavy (non-hydrogen) atoms. The standard InChI is InChI=1S/C21H21N3O6/c1-3-30-20(26)13-23-18-7-5-4-6-17(18)22(11-10-19(23)25)21(27)15-8-9-16(24(28)29)14(2)12-15/h4-9,12H,3,10-11,13H2,1-2H3. The number of amides is 2. The average Bonchev–Trinajstić information content (AvgIpc) is 2.84. The molecule has 0 bridgehead atoms. The first-order valence-electron chi connectivity index (χ1n) is 9.45. The Hall–Kier alpha value is -3.75. The molecule has 0 saturated carbocycles. The molecule has 156 valence electrons. The highest BCUT2D eigenvalue weighted by atomic mass is 16.6. The van der Waals surface area contributed by atoms with Crippen LogP contribution in [0.25, 0.3) is 0 Å². The summed E-state index contributed by atoms with van der Waals surface area (Å²) in [5.41, 5.74) is 1.49. The summed E-state index contributed by atoms with van der Waals surface area (Å²) in [7, 11) is 0. The van der Waals surface area contributed by atoms with Crippen molar-refractivity contribution in [3.8, 4) is 0 Å². The van der Waals surface area contributed by atoms with E-state index in [9.17, 15) is 24.5 Å². The van der Waals surface area contributed by atoms with Crippen LogP contribution in [0.3, 0.4) is 0 Å². The van der Waals surface area contributed by atoms with E-state index >= 15 is 0 Å². The number of fused-ring (bicyclic) bond motifs is 1. The summed E-state index contributed by atoms with van der Waals surface area (Å²) in [5, 5.41) is 11.0. The molecule has 1 aliphatic rings. The van der Waals surface area contributed by atoms with Crippen molar-refractivity contribution in [2.75, 3.05) is 29.5 Å². The molecule has 0 radical (unpaired) electrons. The molecule has 2 amide bonds.